The van der Waals surface area contributed by atoms with Crippen molar-refractivity contribution in [3.8, 4) is 0 Å². The van der Waals surface area contributed by atoms with Crippen LogP contribution in [0.15, 0.2) is 30.3 Å². The number of likely N-dealkylation sites (tertiary alicyclic amines) is 1. The third-order valence-corrected chi connectivity index (χ3v) is 4.44. The fourth-order valence-electron chi connectivity index (χ4n) is 3.22. The van der Waals surface area contributed by atoms with Gasteiger partial charge in [0, 0.05) is 25.7 Å². The number of anilines is 1. The van der Waals surface area contributed by atoms with Crippen molar-refractivity contribution in [2.75, 3.05) is 24.7 Å². The van der Waals surface area contributed by atoms with Gasteiger partial charge in [0.1, 0.15) is 5.54 Å². The number of carbonyl (C=O) groups excluding carboxylic acids is 2. The molecule has 1 aromatic carbocycles. The molecule has 2 heterocycles. The summed E-state index contributed by atoms with van der Waals surface area (Å²) in [6.07, 6.45) is 1.38. The summed E-state index contributed by atoms with van der Waals surface area (Å²) in [5.41, 5.74) is 0.565. The molecule has 2 aliphatic rings. The number of hydrogen-bond donors (Lipinski definition) is 1. The van der Waals surface area contributed by atoms with Gasteiger partial charge in [-0.1, -0.05) is 18.2 Å². The number of amides is 2. The van der Waals surface area contributed by atoms with Crippen molar-refractivity contribution in [3.63, 3.8) is 0 Å². The number of carbonyl (C=O) groups is 2. The smallest absolute Gasteiger partial charge is 0.247 e. The Hall–Kier alpha value is -2.04. The summed E-state index contributed by atoms with van der Waals surface area (Å²) in [5.74, 6) is 0.175. The summed E-state index contributed by atoms with van der Waals surface area (Å²) in [6.45, 7) is 3.42. The largest absolute Gasteiger partial charge is 0.343 e. The zero-order valence-electron chi connectivity index (χ0n) is 11.6. The van der Waals surface area contributed by atoms with Crippen molar-refractivity contribution in [3.05, 3.63) is 30.3 Å². The molecular formula is C15H19N3O2. The van der Waals surface area contributed by atoms with Gasteiger partial charge in [-0.15, -0.1) is 0 Å². The minimum Gasteiger partial charge on any atom is -0.343 e. The molecule has 0 saturated carbocycles. The van der Waals surface area contributed by atoms with Gasteiger partial charge >= 0.3 is 0 Å². The van der Waals surface area contributed by atoms with E-state index < -0.39 is 5.54 Å². The predicted molar refractivity (Wildman–Crippen MR) is 76.1 cm³/mol. The van der Waals surface area contributed by atoms with E-state index in [0.717, 1.165) is 5.69 Å². The lowest BCUT2D eigenvalue weighted by molar-refractivity contribution is -0.133. The highest BCUT2D eigenvalue weighted by Crippen LogP contribution is 2.36. The molecule has 2 amide bonds. The lowest BCUT2D eigenvalue weighted by atomic mass is 9.85. The maximum absolute atomic E-state index is 12.4. The second kappa shape index (κ2) is 4.81. The fraction of sp³-hybridized carbons (Fsp3) is 0.467. The summed E-state index contributed by atoms with van der Waals surface area (Å²) < 4.78 is 0. The van der Waals surface area contributed by atoms with Gasteiger partial charge in [0.05, 0.1) is 6.67 Å². The Bertz CT molecular complexity index is 521. The number of piperidine rings is 1. The number of rotatable bonds is 1. The molecule has 0 radical (unpaired) electrons. The third kappa shape index (κ3) is 1.94. The van der Waals surface area contributed by atoms with Crippen LogP contribution in [0.25, 0.3) is 0 Å². The van der Waals surface area contributed by atoms with Crippen molar-refractivity contribution in [1.82, 2.24) is 10.2 Å². The summed E-state index contributed by atoms with van der Waals surface area (Å²) in [5, 5.41) is 2.96. The second-order valence-corrected chi connectivity index (χ2v) is 5.47. The van der Waals surface area contributed by atoms with E-state index in [4.69, 9.17) is 0 Å². The Kier molecular flexibility index (Phi) is 3.12. The summed E-state index contributed by atoms with van der Waals surface area (Å²) in [6, 6.07) is 9.99. The molecular weight excluding hydrogens is 254 g/mol. The Labute approximate surface area is 118 Å². The van der Waals surface area contributed by atoms with E-state index in [2.05, 4.69) is 10.2 Å². The van der Waals surface area contributed by atoms with Gasteiger partial charge in [-0.05, 0) is 25.0 Å². The molecule has 3 rings (SSSR count). The van der Waals surface area contributed by atoms with Gasteiger partial charge in [0.2, 0.25) is 11.8 Å². The van der Waals surface area contributed by atoms with E-state index in [1.165, 1.54) is 0 Å². The molecule has 0 atom stereocenters. The molecule has 0 bridgehead atoms. The minimum atomic E-state index is -0.493. The average Bonchev–Trinajstić information content (AvgIpc) is 2.78. The van der Waals surface area contributed by atoms with Crippen LogP contribution in [0.3, 0.4) is 0 Å². The molecule has 0 aliphatic carbocycles. The maximum Gasteiger partial charge on any atom is 0.247 e. The van der Waals surface area contributed by atoms with Gasteiger partial charge in [-0.25, -0.2) is 0 Å². The van der Waals surface area contributed by atoms with E-state index >= 15 is 0 Å². The van der Waals surface area contributed by atoms with Crippen molar-refractivity contribution in [2.24, 2.45) is 0 Å². The Morgan fingerprint density at radius 1 is 1.20 bits per heavy atom. The van der Waals surface area contributed by atoms with Crippen LogP contribution in [-0.4, -0.2) is 42.0 Å². The highest BCUT2D eigenvalue weighted by Gasteiger charge is 2.50. The van der Waals surface area contributed by atoms with Crippen LogP contribution < -0.4 is 10.2 Å². The highest BCUT2D eigenvalue weighted by molar-refractivity contribution is 5.93. The first-order valence-corrected chi connectivity index (χ1v) is 7.00. The molecule has 20 heavy (non-hydrogen) atoms. The number of nitrogens with one attached hydrogen (secondary N) is 1. The van der Waals surface area contributed by atoms with Crippen LogP contribution >= 0.6 is 0 Å². The second-order valence-electron chi connectivity index (χ2n) is 5.47. The van der Waals surface area contributed by atoms with Gasteiger partial charge in [-0.2, -0.15) is 0 Å². The predicted octanol–water partition coefficient (Wildman–Crippen LogP) is 0.961. The minimum absolute atomic E-state index is 0.0875. The SMILES string of the molecule is CC(=O)N1CCC2(CC1)C(=O)NCN2c1ccccc1. The van der Waals surface area contributed by atoms with E-state index in [9.17, 15) is 9.59 Å². The molecule has 1 N–H and O–H groups in total. The van der Waals surface area contributed by atoms with Crippen molar-refractivity contribution >= 4 is 17.5 Å². The number of para-hydroxylation sites is 1. The van der Waals surface area contributed by atoms with Gasteiger partial charge in [0.25, 0.3) is 0 Å². The van der Waals surface area contributed by atoms with Crippen molar-refractivity contribution < 1.29 is 9.59 Å². The zero-order chi connectivity index (χ0) is 14.2. The van der Waals surface area contributed by atoms with E-state index in [0.29, 0.717) is 32.6 Å². The molecule has 2 fully saturated rings. The van der Waals surface area contributed by atoms with Gasteiger partial charge in [-0.3, -0.25) is 9.59 Å². The van der Waals surface area contributed by atoms with Gasteiger partial charge < -0.3 is 15.1 Å². The third-order valence-electron chi connectivity index (χ3n) is 4.44. The number of nitrogens with zero attached hydrogens (tertiary/aromatic N) is 2. The summed E-state index contributed by atoms with van der Waals surface area (Å²) in [7, 11) is 0. The lowest BCUT2D eigenvalue weighted by Crippen LogP contribution is -2.57. The van der Waals surface area contributed by atoms with Crippen LogP contribution in [0.1, 0.15) is 19.8 Å². The topological polar surface area (TPSA) is 52.7 Å². The first-order valence-electron chi connectivity index (χ1n) is 7.00. The molecule has 2 saturated heterocycles. The van der Waals surface area contributed by atoms with Crippen LogP contribution in [0.4, 0.5) is 5.69 Å². The van der Waals surface area contributed by atoms with Crippen molar-refractivity contribution in [2.45, 2.75) is 25.3 Å². The number of benzene rings is 1. The van der Waals surface area contributed by atoms with Gasteiger partial charge in [0.15, 0.2) is 0 Å². The van der Waals surface area contributed by atoms with Crippen LogP contribution in [-0.2, 0) is 9.59 Å². The molecule has 5 heteroatoms. The first-order chi connectivity index (χ1) is 9.63. The van der Waals surface area contributed by atoms with Crippen LogP contribution in [0.2, 0.25) is 0 Å². The maximum atomic E-state index is 12.4. The monoisotopic (exact) mass is 273 g/mol. The Morgan fingerprint density at radius 3 is 2.45 bits per heavy atom. The lowest BCUT2D eigenvalue weighted by Gasteiger charge is -2.43. The first kappa shape index (κ1) is 13.0. The molecule has 0 aromatic heterocycles. The molecule has 1 aromatic rings. The van der Waals surface area contributed by atoms with Crippen LogP contribution in [0.5, 0.6) is 0 Å². The summed E-state index contributed by atoms with van der Waals surface area (Å²) in [4.78, 5) is 27.8. The Balaban J connectivity index is 1.86. The highest BCUT2D eigenvalue weighted by atomic mass is 16.2. The summed E-state index contributed by atoms with van der Waals surface area (Å²) >= 11 is 0. The molecule has 2 aliphatic heterocycles. The molecule has 106 valence electrons. The fourth-order valence-corrected chi connectivity index (χ4v) is 3.22. The van der Waals surface area contributed by atoms with E-state index in [1.54, 1.807) is 6.92 Å². The quantitative estimate of drug-likeness (QED) is 0.829. The van der Waals surface area contributed by atoms with Crippen molar-refractivity contribution in [1.29, 1.82) is 0 Å². The average molecular weight is 273 g/mol. The zero-order valence-corrected chi connectivity index (χ0v) is 11.6. The normalized spacial score (nSPS) is 21.1. The van der Waals surface area contributed by atoms with E-state index in [-0.39, 0.29) is 11.8 Å². The number of hydrogen-bond acceptors (Lipinski definition) is 3. The van der Waals surface area contributed by atoms with Crippen LogP contribution in [0, 0.1) is 0 Å². The Morgan fingerprint density at radius 2 is 1.85 bits per heavy atom. The standard InChI is InChI=1S/C15H19N3O2/c1-12(19)17-9-7-15(8-10-17)14(20)16-11-18(15)13-5-3-2-4-6-13/h2-6H,7-11H2,1H3,(H,16,20). The molecule has 5 nitrogen and oxygen atoms in total. The molecule has 0 unspecified atom stereocenters. The van der Waals surface area contributed by atoms with E-state index in [1.807, 2.05) is 35.2 Å². The molecule has 1 spiro atoms.